The van der Waals surface area contributed by atoms with E-state index in [1.165, 1.54) is 0 Å². The molecule has 2 amide bonds. The third-order valence-corrected chi connectivity index (χ3v) is 3.82. The van der Waals surface area contributed by atoms with Gasteiger partial charge in [-0.1, -0.05) is 60.7 Å². The molecular formula is C20H23N3O4. The fourth-order valence-electron chi connectivity index (χ4n) is 2.45. The molecule has 7 heteroatoms. The number of rotatable bonds is 10. The molecule has 0 bridgehead atoms. The van der Waals surface area contributed by atoms with E-state index in [0.29, 0.717) is 6.54 Å². The maximum atomic E-state index is 11.9. The summed E-state index contributed by atoms with van der Waals surface area (Å²) in [7, 11) is 0. The summed E-state index contributed by atoms with van der Waals surface area (Å²) in [6, 6.07) is 17.6. The lowest BCUT2D eigenvalue weighted by molar-refractivity contribution is -0.141. The number of hydrogen-bond acceptors (Lipinski definition) is 4. The first kappa shape index (κ1) is 20.1. The van der Waals surface area contributed by atoms with Gasteiger partial charge >= 0.3 is 5.97 Å². The molecule has 2 rings (SSSR count). The quantitative estimate of drug-likeness (QED) is 0.493. The molecule has 4 N–H and O–H groups in total. The number of aliphatic carboxylic acids is 1. The molecule has 2 aromatic carbocycles. The van der Waals surface area contributed by atoms with Gasteiger partial charge < -0.3 is 21.1 Å². The van der Waals surface area contributed by atoms with Crippen molar-refractivity contribution in [1.29, 1.82) is 0 Å². The molecule has 0 spiro atoms. The predicted octanol–water partition coefficient (Wildman–Crippen LogP) is 0.705. The molecule has 0 aromatic heterocycles. The van der Waals surface area contributed by atoms with E-state index in [9.17, 15) is 19.5 Å². The number of carbonyl (C=O) groups is 3. The third kappa shape index (κ3) is 7.70. The fraction of sp³-hybridized carbons (Fsp3) is 0.250. The van der Waals surface area contributed by atoms with Crippen LogP contribution in [0.25, 0.3) is 0 Å². The van der Waals surface area contributed by atoms with Crippen molar-refractivity contribution in [2.75, 3.05) is 13.1 Å². The van der Waals surface area contributed by atoms with Crippen molar-refractivity contribution in [2.45, 2.75) is 19.0 Å². The number of carboxylic acid groups (broad SMARTS) is 1. The van der Waals surface area contributed by atoms with Crippen molar-refractivity contribution < 1.29 is 19.5 Å². The van der Waals surface area contributed by atoms with Gasteiger partial charge in [-0.25, -0.2) is 4.79 Å². The molecule has 0 unspecified atom stereocenters. The SMILES string of the molecule is O=C(CNCc1ccccc1)NCC(=O)N[C@@H](Cc1ccccc1)C(=O)O. The average Bonchev–Trinajstić information content (AvgIpc) is 2.67. The second-order valence-electron chi connectivity index (χ2n) is 6.01. The van der Waals surface area contributed by atoms with Crippen LogP contribution in [0.2, 0.25) is 0 Å². The monoisotopic (exact) mass is 369 g/mol. The number of carboxylic acids is 1. The van der Waals surface area contributed by atoms with Crippen molar-refractivity contribution in [3.63, 3.8) is 0 Å². The van der Waals surface area contributed by atoms with Gasteiger partial charge in [0.15, 0.2) is 0 Å². The summed E-state index contributed by atoms with van der Waals surface area (Å²) in [5.41, 5.74) is 1.85. The maximum absolute atomic E-state index is 11.9. The summed E-state index contributed by atoms with van der Waals surface area (Å²) in [5.74, 6) is -2.01. The van der Waals surface area contributed by atoms with E-state index < -0.39 is 17.9 Å². The average molecular weight is 369 g/mol. The lowest BCUT2D eigenvalue weighted by Gasteiger charge is -2.15. The molecule has 142 valence electrons. The highest BCUT2D eigenvalue weighted by atomic mass is 16.4. The molecule has 0 aliphatic carbocycles. The molecule has 27 heavy (non-hydrogen) atoms. The van der Waals surface area contributed by atoms with Gasteiger partial charge in [-0.3, -0.25) is 9.59 Å². The van der Waals surface area contributed by atoms with Crippen LogP contribution in [0, 0.1) is 0 Å². The zero-order chi connectivity index (χ0) is 19.5. The highest BCUT2D eigenvalue weighted by Crippen LogP contribution is 2.03. The second kappa shape index (κ2) is 10.7. The summed E-state index contributed by atoms with van der Waals surface area (Å²) in [6.45, 7) is 0.331. The fourth-order valence-corrected chi connectivity index (χ4v) is 2.45. The Morgan fingerprint density at radius 3 is 2.00 bits per heavy atom. The Morgan fingerprint density at radius 2 is 1.41 bits per heavy atom. The van der Waals surface area contributed by atoms with Crippen molar-refractivity contribution in [2.24, 2.45) is 0 Å². The lowest BCUT2D eigenvalue weighted by Crippen LogP contribution is -2.47. The van der Waals surface area contributed by atoms with Crippen LogP contribution in [-0.2, 0) is 27.3 Å². The van der Waals surface area contributed by atoms with E-state index in [2.05, 4.69) is 16.0 Å². The Hall–Kier alpha value is -3.19. The molecule has 0 heterocycles. The topological polar surface area (TPSA) is 108 Å². The van der Waals surface area contributed by atoms with Crippen molar-refractivity contribution in [3.8, 4) is 0 Å². The van der Waals surface area contributed by atoms with Crippen LogP contribution in [0.3, 0.4) is 0 Å². The zero-order valence-corrected chi connectivity index (χ0v) is 14.9. The van der Waals surface area contributed by atoms with Crippen LogP contribution in [0.4, 0.5) is 0 Å². The Bertz CT molecular complexity index is 750. The first-order valence-electron chi connectivity index (χ1n) is 8.62. The minimum atomic E-state index is -1.12. The van der Waals surface area contributed by atoms with Gasteiger partial charge in [0.1, 0.15) is 6.04 Å². The molecule has 1 atom stereocenters. The lowest BCUT2D eigenvalue weighted by atomic mass is 10.1. The van der Waals surface area contributed by atoms with E-state index in [-0.39, 0.29) is 25.4 Å². The van der Waals surface area contributed by atoms with E-state index in [0.717, 1.165) is 11.1 Å². The summed E-state index contributed by atoms with van der Waals surface area (Å²) in [5, 5.41) is 17.2. The maximum Gasteiger partial charge on any atom is 0.326 e. The minimum Gasteiger partial charge on any atom is -0.480 e. The van der Waals surface area contributed by atoms with Crippen molar-refractivity contribution in [3.05, 3.63) is 71.8 Å². The minimum absolute atomic E-state index is 0.0640. The van der Waals surface area contributed by atoms with E-state index in [1.54, 1.807) is 24.3 Å². The number of hydrogen-bond donors (Lipinski definition) is 4. The Labute approximate surface area is 157 Å². The van der Waals surface area contributed by atoms with E-state index in [1.807, 2.05) is 36.4 Å². The Balaban J connectivity index is 1.70. The first-order valence-corrected chi connectivity index (χ1v) is 8.62. The molecule has 0 radical (unpaired) electrons. The molecule has 7 nitrogen and oxygen atoms in total. The van der Waals surface area contributed by atoms with Crippen LogP contribution >= 0.6 is 0 Å². The zero-order valence-electron chi connectivity index (χ0n) is 14.9. The standard InChI is InChI=1S/C20H23N3O4/c24-18(13-21-12-16-9-5-2-6-10-16)22-14-19(25)23-17(20(26)27)11-15-7-3-1-4-8-15/h1-10,17,21H,11-14H2,(H,22,24)(H,23,25)(H,26,27)/t17-/m0/s1. The molecule has 0 saturated carbocycles. The number of carbonyl (C=O) groups excluding carboxylic acids is 2. The molecule has 0 fully saturated rings. The Kier molecular flexibility index (Phi) is 7.99. The van der Waals surface area contributed by atoms with Crippen LogP contribution in [0.5, 0.6) is 0 Å². The first-order chi connectivity index (χ1) is 13.0. The van der Waals surface area contributed by atoms with Gasteiger partial charge in [-0.15, -0.1) is 0 Å². The van der Waals surface area contributed by atoms with Crippen LogP contribution in [0.1, 0.15) is 11.1 Å². The molecular weight excluding hydrogens is 346 g/mol. The second-order valence-corrected chi connectivity index (χ2v) is 6.01. The van der Waals surface area contributed by atoms with E-state index in [4.69, 9.17) is 0 Å². The molecule has 2 aromatic rings. The number of amides is 2. The van der Waals surface area contributed by atoms with Gasteiger partial charge in [0.05, 0.1) is 13.1 Å². The van der Waals surface area contributed by atoms with Crippen LogP contribution < -0.4 is 16.0 Å². The smallest absolute Gasteiger partial charge is 0.326 e. The van der Waals surface area contributed by atoms with Crippen LogP contribution in [0.15, 0.2) is 60.7 Å². The van der Waals surface area contributed by atoms with Crippen LogP contribution in [-0.4, -0.2) is 42.0 Å². The number of nitrogens with one attached hydrogen (secondary N) is 3. The molecule has 0 aliphatic heterocycles. The number of benzene rings is 2. The Morgan fingerprint density at radius 1 is 0.815 bits per heavy atom. The summed E-state index contributed by atoms with van der Waals surface area (Å²) >= 11 is 0. The molecule has 0 saturated heterocycles. The van der Waals surface area contributed by atoms with Crippen molar-refractivity contribution >= 4 is 17.8 Å². The van der Waals surface area contributed by atoms with Gasteiger partial charge in [-0.2, -0.15) is 0 Å². The molecule has 0 aliphatic rings. The third-order valence-electron chi connectivity index (χ3n) is 3.82. The van der Waals surface area contributed by atoms with Gasteiger partial charge in [0.25, 0.3) is 0 Å². The summed E-state index contributed by atoms with van der Waals surface area (Å²) in [6.07, 6.45) is 0.175. The highest BCUT2D eigenvalue weighted by molar-refractivity contribution is 5.88. The summed E-state index contributed by atoms with van der Waals surface area (Å²) in [4.78, 5) is 35.1. The van der Waals surface area contributed by atoms with Gasteiger partial charge in [0, 0.05) is 13.0 Å². The highest BCUT2D eigenvalue weighted by Gasteiger charge is 2.20. The van der Waals surface area contributed by atoms with Gasteiger partial charge in [-0.05, 0) is 11.1 Å². The normalized spacial score (nSPS) is 11.4. The predicted molar refractivity (Wildman–Crippen MR) is 101 cm³/mol. The largest absolute Gasteiger partial charge is 0.480 e. The van der Waals surface area contributed by atoms with Gasteiger partial charge in [0.2, 0.25) is 11.8 Å². The van der Waals surface area contributed by atoms with E-state index >= 15 is 0 Å². The van der Waals surface area contributed by atoms with Crippen molar-refractivity contribution in [1.82, 2.24) is 16.0 Å². The summed E-state index contributed by atoms with van der Waals surface area (Å²) < 4.78 is 0.